The molecule has 0 aliphatic rings. The van der Waals surface area contributed by atoms with E-state index in [0.717, 1.165) is 18.0 Å². The summed E-state index contributed by atoms with van der Waals surface area (Å²) < 4.78 is 7.39. The maximum absolute atomic E-state index is 8.66. The molecule has 1 heterocycles. The maximum atomic E-state index is 8.66. The molecule has 0 saturated heterocycles. The van der Waals surface area contributed by atoms with Crippen LogP contribution < -0.4 is 10.1 Å². The van der Waals surface area contributed by atoms with Crippen molar-refractivity contribution in [2.45, 2.75) is 6.54 Å². The second-order valence-electron chi connectivity index (χ2n) is 4.06. The van der Waals surface area contributed by atoms with Crippen LogP contribution in [0.2, 0.25) is 0 Å². The van der Waals surface area contributed by atoms with E-state index in [9.17, 15) is 0 Å². The normalized spacial score (nSPS) is 10.3. The van der Waals surface area contributed by atoms with Crippen LogP contribution in [0.1, 0.15) is 5.69 Å². The molecule has 2 rings (SSSR count). The Morgan fingerprint density at radius 3 is 2.61 bits per heavy atom. The molecule has 0 aliphatic heterocycles. The fourth-order valence-electron chi connectivity index (χ4n) is 1.71. The summed E-state index contributed by atoms with van der Waals surface area (Å²) in [6.07, 6.45) is 2.03. The number of ether oxygens (including phenoxy) is 1. The van der Waals surface area contributed by atoms with Gasteiger partial charge in [-0.1, -0.05) is 0 Å². The second-order valence-corrected chi connectivity index (χ2v) is 4.06. The Labute approximate surface area is 107 Å². The van der Waals surface area contributed by atoms with Gasteiger partial charge in [-0.05, 0) is 36.4 Å². The number of aliphatic hydroxyl groups excluding tert-OH is 1. The second kappa shape index (κ2) is 6.12. The molecule has 96 valence electrons. The molecule has 0 bridgehead atoms. The van der Waals surface area contributed by atoms with E-state index < -0.39 is 0 Å². The van der Waals surface area contributed by atoms with Gasteiger partial charge in [0.2, 0.25) is 0 Å². The average Bonchev–Trinajstić information content (AvgIpc) is 2.81. The average molecular weight is 246 g/mol. The number of aryl methyl sites for hydroxylation is 1. The molecule has 1 aromatic carbocycles. The molecule has 4 heteroatoms. The molecule has 1 aromatic heterocycles. The SMILES string of the molecule is Cn1cccc1CNc1ccc(OCCO)cc1. The summed E-state index contributed by atoms with van der Waals surface area (Å²) in [5.41, 5.74) is 2.28. The first-order valence-corrected chi connectivity index (χ1v) is 5.97. The highest BCUT2D eigenvalue weighted by atomic mass is 16.5. The molecular formula is C14H18N2O2. The lowest BCUT2D eigenvalue weighted by atomic mass is 10.3. The van der Waals surface area contributed by atoms with Crippen molar-refractivity contribution in [3.05, 3.63) is 48.3 Å². The lowest BCUT2D eigenvalue weighted by molar-refractivity contribution is 0.201. The number of aliphatic hydroxyl groups is 1. The van der Waals surface area contributed by atoms with E-state index in [1.807, 2.05) is 43.6 Å². The summed E-state index contributed by atoms with van der Waals surface area (Å²) in [7, 11) is 2.03. The summed E-state index contributed by atoms with van der Waals surface area (Å²) in [6.45, 7) is 1.16. The van der Waals surface area contributed by atoms with Gasteiger partial charge in [0.05, 0.1) is 13.2 Å². The van der Waals surface area contributed by atoms with Crippen LogP contribution in [0.25, 0.3) is 0 Å². The molecule has 0 atom stereocenters. The van der Waals surface area contributed by atoms with Gasteiger partial charge in [-0.15, -0.1) is 0 Å². The quantitative estimate of drug-likeness (QED) is 0.819. The minimum absolute atomic E-state index is 0.0352. The molecule has 0 fully saturated rings. The smallest absolute Gasteiger partial charge is 0.119 e. The third-order valence-corrected chi connectivity index (χ3v) is 2.74. The van der Waals surface area contributed by atoms with Crippen molar-refractivity contribution in [2.24, 2.45) is 7.05 Å². The van der Waals surface area contributed by atoms with Gasteiger partial charge in [0.1, 0.15) is 12.4 Å². The van der Waals surface area contributed by atoms with E-state index in [1.54, 1.807) is 0 Å². The van der Waals surface area contributed by atoms with Gasteiger partial charge in [-0.3, -0.25) is 0 Å². The summed E-state index contributed by atoms with van der Waals surface area (Å²) >= 11 is 0. The van der Waals surface area contributed by atoms with Gasteiger partial charge < -0.3 is 19.7 Å². The molecule has 4 nitrogen and oxygen atoms in total. The van der Waals surface area contributed by atoms with Crippen molar-refractivity contribution in [2.75, 3.05) is 18.5 Å². The summed E-state index contributed by atoms with van der Waals surface area (Å²) in [5.74, 6) is 0.772. The molecule has 18 heavy (non-hydrogen) atoms. The maximum Gasteiger partial charge on any atom is 0.119 e. The number of nitrogens with one attached hydrogen (secondary N) is 1. The van der Waals surface area contributed by atoms with Crippen LogP contribution in [0.5, 0.6) is 5.75 Å². The van der Waals surface area contributed by atoms with E-state index in [1.165, 1.54) is 5.69 Å². The van der Waals surface area contributed by atoms with Gasteiger partial charge in [-0.25, -0.2) is 0 Å². The van der Waals surface area contributed by atoms with Gasteiger partial charge in [0.15, 0.2) is 0 Å². The van der Waals surface area contributed by atoms with Crippen LogP contribution in [0.3, 0.4) is 0 Å². The predicted octanol–water partition coefficient (Wildman–Crippen LogP) is 2.01. The van der Waals surface area contributed by atoms with Crippen molar-refractivity contribution in [1.29, 1.82) is 0 Å². The lowest BCUT2D eigenvalue weighted by Gasteiger charge is -2.09. The van der Waals surface area contributed by atoms with E-state index in [2.05, 4.69) is 16.0 Å². The number of hydrogen-bond donors (Lipinski definition) is 2. The third kappa shape index (κ3) is 3.28. The summed E-state index contributed by atoms with van der Waals surface area (Å²) in [5, 5.41) is 12.0. The zero-order valence-electron chi connectivity index (χ0n) is 10.5. The minimum Gasteiger partial charge on any atom is -0.491 e. The monoisotopic (exact) mass is 246 g/mol. The fourth-order valence-corrected chi connectivity index (χ4v) is 1.71. The molecule has 0 unspecified atom stereocenters. The van der Waals surface area contributed by atoms with Crippen molar-refractivity contribution in [3.8, 4) is 5.75 Å². The molecule has 0 aliphatic carbocycles. The standard InChI is InChI=1S/C14H18N2O2/c1-16-8-2-3-13(16)11-15-12-4-6-14(7-5-12)18-10-9-17/h2-8,15,17H,9-11H2,1H3. The zero-order chi connectivity index (χ0) is 12.8. The first kappa shape index (κ1) is 12.5. The molecular weight excluding hydrogens is 228 g/mol. The van der Waals surface area contributed by atoms with Crippen LogP contribution in [0, 0.1) is 0 Å². The van der Waals surface area contributed by atoms with Crippen molar-refractivity contribution in [1.82, 2.24) is 4.57 Å². The number of benzene rings is 1. The Hall–Kier alpha value is -1.94. The van der Waals surface area contributed by atoms with Crippen LogP contribution >= 0.6 is 0 Å². The van der Waals surface area contributed by atoms with E-state index in [0.29, 0.717) is 6.61 Å². The van der Waals surface area contributed by atoms with Gasteiger partial charge >= 0.3 is 0 Å². The van der Waals surface area contributed by atoms with Crippen molar-refractivity contribution < 1.29 is 9.84 Å². The Kier molecular flexibility index (Phi) is 4.25. The zero-order valence-corrected chi connectivity index (χ0v) is 10.5. The highest BCUT2D eigenvalue weighted by molar-refractivity contribution is 5.46. The van der Waals surface area contributed by atoms with Crippen LogP contribution in [-0.4, -0.2) is 22.9 Å². The molecule has 0 saturated carbocycles. The molecule has 2 aromatic rings. The molecule has 0 spiro atoms. The minimum atomic E-state index is 0.0352. The topological polar surface area (TPSA) is 46.4 Å². The Morgan fingerprint density at radius 1 is 1.22 bits per heavy atom. The van der Waals surface area contributed by atoms with E-state index in [4.69, 9.17) is 9.84 Å². The van der Waals surface area contributed by atoms with Gasteiger partial charge in [0.25, 0.3) is 0 Å². The van der Waals surface area contributed by atoms with Gasteiger partial charge in [0, 0.05) is 24.6 Å². The molecule has 0 radical (unpaired) electrons. The van der Waals surface area contributed by atoms with Crippen molar-refractivity contribution in [3.63, 3.8) is 0 Å². The lowest BCUT2D eigenvalue weighted by Crippen LogP contribution is -2.04. The van der Waals surface area contributed by atoms with Crippen LogP contribution in [0.4, 0.5) is 5.69 Å². The van der Waals surface area contributed by atoms with Crippen LogP contribution in [-0.2, 0) is 13.6 Å². The predicted molar refractivity (Wildman–Crippen MR) is 71.8 cm³/mol. The Morgan fingerprint density at radius 2 is 2.00 bits per heavy atom. The number of hydrogen-bond acceptors (Lipinski definition) is 3. The third-order valence-electron chi connectivity index (χ3n) is 2.74. The molecule has 0 amide bonds. The number of nitrogens with zero attached hydrogens (tertiary/aromatic N) is 1. The highest BCUT2D eigenvalue weighted by Gasteiger charge is 1.98. The summed E-state index contributed by atoms with van der Waals surface area (Å²) in [6, 6.07) is 11.8. The number of anilines is 1. The highest BCUT2D eigenvalue weighted by Crippen LogP contribution is 2.16. The Balaban J connectivity index is 1.88. The number of aromatic nitrogens is 1. The fraction of sp³-hybridized carbons (Fsp3) is 0.286. The van der Waals surface area contributed by atoms with E-state index >= 15 is 0 Å². The number of rotatable bonds is 6. The van der Waals surface area contributed by atoms with Crippen molar-refractivity contribution >= 4 is 5.69 Å². The van der Waals surface area contributed by atoms with Gasteiger partial charge in [-0.2, -0.15) is 0 Å². The van der Waals surface area contributed by atoms with Crippen LogP contribution in [0.15, 0.2) is 42.6 Å². The first-order chi connectivity index (χ1) is 8.79. The summed E-state index contributed by atoms with van der Waals surface area (Å²) in [4.78, 5) is 0. The largest absolute Gasteiger partial charge is 0.491 e. The first-order valence-electron chi connectivity index (χ1n) is 5.97. The van der Waals surface area contributed by atoms with E-state index in [-0.39, 0.29) is 6.61 Å². The molecule has 2 N–H and O–H groups in total. The Bertz CT molecular complexity index is 477.